The van der Waals surface area contributed by atoms with Gasteiger partial charge in [0.05, 0.1) is 6.61 Å². The molecule has 188 valence electrons. The fourth-order valence-corrected chi connectivity index (χ4v) is 13.0. The standard InChI is InChI=1S/C31H52OS/c1-21(2)27-24(17-30(27)9-11-32-19-30)14-23(4)28-25(18-31(28)10-12-33-20-31)13-22(3)26-15-29(16-26)7-5-6-8-29/h21-28H,5-20H2,1-4H3. The van der Waals surface area contributed by atoms with E-state index in [0.717, 1.165) is 71.4 Å². The molecule has 0 N–H and O–H groups in total. The number of rotatable bonds is 7. The van der Waals surface area contributed by atoms with Gasteiger partial charge in [0, 0.05) is 6.61 Å². The van der Waals surface area contributed by atoms with Gasteiger partial charge in [0.1, 0.15) is 0 Å². The molecule has 4 saturated carbocycles. The van der Waals surface area contributed by atoms with E-state index in [0.29, 0.717) is 5.41 Å². The Morgan fingerprint density at radius 1 is 0.788 bits per heavy atom. The predicted molar refractivity (Wildman–Crippen MR) is 141 cm³/mol. The fraction of sp³-hybridized carbons (Fsp3) is 1.00. The van der Waals surface area contributed by atoms with E-state index in [1.54, 1.807) is 38.5 Å². The second-order valence-electron chi connectivity index (χ2n) is 14.9. The van der Waals surface area contributed by atoms with Gasteiger partial charge in [0.2, 0.25) is 0 Å². The lowest BCUT2D eigenvalue weighted by Crippen LogP contribution is -2.55. The first-order valence-electron chi connectivity index (χ1n) is 15.0. The Hall–Kier alpha value is 0.310. The first kappa shape index (κ1) is 23.7. The molecule has 2 saturated heterocycles. The second kappa shape index (κ2) is 8.71. The Morgan fingerprint density at radius 3 is 2.12 bits per heavy atom. The van der Waals surface area contributed by atoms with E-state index >= 15 is 0 Å². The van der Waals surface area contributed by atoms with Gasteiger partial charge in [0.25, 0.3) is 0 Å². The smallest absolute Gasteiger partial charge is 0.0526 e. The lowest BCUT2D eigenvalue weighted by Gasteiger charge is -2.61. The second-order valence-corrected chi connectivity index (χ2v) is 16.0. The topological polar surface area (TPSA) is 9.23 Å². The van der Waals surface area contributed by atoms with E-state index in [-0.39, 0.29) is 0 Å². The highest BCUT2D eigenvalue weighted by atomic mass is 32.2. The molecule has 6 aliphatic rings. The number of ether oxygens (including phenoxy) is 1. The molecule has 3 spiro atoms. The highest BCUT2D eigenvalue weighted by molar-refractivity contribution is 7.99. The summed E-state index contributed by atoms with van der Waals surface area (Å²) in [5, 5.41) is 0. The molecule has 2 heteroatoms. The highest BCUT2D eigenvalue weighted by Gasteiger charge is 2.60. The van der Waals surface area contributed by atoms with Crippen molar-refractivity contribution >= 4 is 11.8 Å². The molecule has 6 rings (SSSR count). The van der Waals surface area contributed by atoms with E-state index in [9.17, 15) is 0 Å². The van der Waals surface area contributed by atoms with E-state index in [1.165, 1.54) is 50.0 Å². The van der Waals surface area contributed by atoms with Crippen LogP contribution in [0.15, 0.2) is 0 Å². The zero-order valence-corrected chi connectivity index (χ0v) is 23.1. The summed E-state index contributed by atoms with van der Waals surface area (Å²) >= 11 is 2.28. The zero-order valence-electron chi connectivity index (χ0n) is 22.2. The molecule has 0 bridgehead atoms. The molecule has 8 atom stereocenters. The average molecular weight is 473 g/mol. The van der Waals surface area contributed by atoms with Crippen LogP contribution in [0.5, 0.6) is 0 Å². The molecule has 6 fully saturated rings. The molecule has 0 aromatic carbocycles. The van der Waals surface area contributed by atoms with Crippen molar-refractivity contribution in [3.63, 3.8) is 0 Å². The van der Waals surface area contributed by atoms with Gasteiger partial charge >= 0.3 is 0 Å². The third kappa shape index (κ3) is 3.89. The van der Waals surface area contributed by atoms with Crippen molar-refractivity contribution in [3.05, 3.63) is 0 Å². The van der Waals surface area contributed by atoms with Gasteiger partial charge in [-0.2, -0.15) is 11.8 Å². The highest BCUT2D eigenvalue weighted by Crippen LogP contribution is 2.67. The number of hydrogen-bond donors (Lipinski definition) is 0. The van der Waals surface area contributed by atoms with Crippen molar-refractivity contribution in [2.24, 2.45) is 63.6 Å². The molecule has 0 radical (unpaired) electrons. The molecule has 0 aromatic rings. The molecule has 0 amide bonds. The van der Waals surface area contributed by atoms with E-state index in [4.69, 9.17) is 4.74 Å². The minimum atomic E-state index is 0.563. The first-order valence-corrected chi connectivity index (χ1v) is 16.2. The van der Waals surface area contributed by atoms with Gasteiger partial charge in [-0.15, -0.1) is 0 Å². The minimum Gasteiger partial charge on any atom is -0.381 e. The molecular formula is C31H52OS. The van der Waals surface area contributed by atoms with Crippen LogP contribution in [0.3, 0.4) is 0 Å². The SMILES string of the molecule is CC(C)C1C(CC(C)C2C(CC(C)C3CC4(CCCC4)C3)CC23CCSC3)CC12CCOC2. The van der Waals surface area contributed by atoms with Gasteiger partial charge < -0.3 is 4.74 Å². The Labute approximate surface area is 209 Å². The van der Waals surface area contributed by atoms with Crippen molar-refractivity contribution < 1.29 is 4.74 Å². The summed E-state index contributed by atoms with van der Waals surface area (Å²) in [5.74, 6) is 10.7. The van der Waals surface area contributed by atoms with Crippen LogP contribution >= 0.6 is 11.8 Å². The Morgan fingerprint density at radius 2 is 1.48 bits per heavy atom. The summed E-state index contributed by atoms with van der Waals surface area (Å²) in [6.45, 7) is 12.4. The van der Waals surface area contributed by atoms with E-state index in [1.807, 2.05) is 0 Å². The van der Waals surface area contributed by atoms with Crippen molar-refractivity contribution in [2.45, 2.75) is 105 Å². The molecule has 4 aliphatic carbocycles. The van der Waals surface area contributed by atoms with Gasteiger partial charge in [-0.05, 0) is 139 Å². The van der Waals surface area contributed by atoms with Crippen LogP contribution in [0.1, 0.15) is 105 Å². The van der Waals surface area contributed by atoms with Crippen molar-refractivity contribution in [3.8, 4) is 0 Å². The molecule has 2 heterocycles. The van der Waals surface area contributed by atoms with Crippen LogP contribution in [0, 0.1) is 63.6 Å². The van der Waals surface area contributed by atoms with Gasteiger partial charge in [-0.25, -0.2) is 0 Å². The van der Waals surface area contributed by atoms with Crippen molar-refractivity contribution in [1.82, 2.24) is 0 Å². The van der Waals surface area contributed by atoms with Crippen LogP contribution in [0.2, 0.25) is 0 Å². The van der Waals surface area contributed by atoms with Crippen LogP contribution in [0.25, 0.3) is 0 Å². The maximum Gasteiger partial charge on any atom is 0.0526 e. The number of thioether (sulfide) groups is 1. The van der Waals surface area contributed by atoms with E-state index in [2.05, 4.69) is 39.5 Å². The monoisotopic (exact) mass is 472 g/mol. The summed E-state index contributed by atoms with van der Waals surface area (Å²) in [6.07, 6.45) is 18.3. The largest absolute Gasteiger partial charge is 0.381 e. The molecular weight excluding hydrogens is 420 g/mol. The van der Waals surface area contributed by atoms with Gasteiger partial charge in [0.15, 0.2) is 0 Å². The number of hydrogen-bond acceptors (Lipinski definition) is 2. The van der Waals surface area contributed by atoms with Gasteiger partial charge in [-0.3, -0.25) is 0 Å². The van der Waals surface area contributed by atoms with Crippen molar-refractivity contribution in [1.29, 1.82) is 0 Å². The molecule has 1 nitrogen and oxygen atoms in total. The zero-order chi connectivity index (χ0) is 22.8. The third-order valence-electron chi connectivity index (χ3n) is 12.6. The lowest BCUT2D eigenvalue weighted by molar-refractivity contribution is -0.117. The lowest BCUT2D eigenvalue weighted by atomic mass is 9.44. The normalized spacial score (nSPS) is 46.1. The Balaban J connectivity index is 1.09. The molecule has 8 unspecified atom stereocenters. The Kier molecular flexibility index (Phi) is 6.25. The fourth-order valence-electron chi connectivity index (χ4n) is 11.4. The summed E-state index contributed by atoms with van der Waals surface area (Å²) in [6, 6.07) is 0. The Bertz CT molecular complexity index is 688. The van der Waals surface area contributed by atoms with Crippen LogP contribution < -0.4 is 0 Å². The molecule has 33 heavy (non-hydrogen) atoms. The molecule has 0 aromatic heterocycles. The predicted octanol–water partition coefficient (Wildman–Crippen LogP) is 8.47. The molecule has 2 aliphatic heterocycles. The summed E-state index contributed by atoms with van der Waals surface area (Å²) in [5.41, 5.74) is 2.12. The van der Waals surface area contributed by atoms with E-state index < -0.39 is 0 Å². The minimum absolute atomic E-state index is 0.563. The maximum atomic E-state index is 5.92. The van der Waals surface area contributed by atoms with Crippen LogP contribution in [-0.2, 0) is 4.74 Å². The quantitative estimate of drug-likeness (QED) is 0.367. The van der Waals surface area contributed by atoms with Crippen LogP contribution in [-0.4, -0.2) is 24.7 Å². The summed E-state index contributed by atoms with van der Waals surface area (Å²) < 4.78 is 5.92. The average Bonchev–Trinajstić information content (AvgIpc) is 3.46. The summed E-state index contributed by atoms with van der Waals surface area (Å²) in [4.78, 5) is 0. The maximum absolute atomic E-state index is 5.92. The summed E-state index contributed by atoms with van der Waals surface area (Å²) in [7, 11) is 0. The first-order chi connectivity index (χ1) is 15.9. The van der Waals surface area contributed by atoms with Crippen LogP contribution in [0.4, 0.5) is 0 Å². The van der Waals surface area contributed by atoms with Gasteiger partial charge in [-0.1, -0.05) is 40.5 Å². The van der Waals surface area contributed by atoms with Crippen molar-refractivity contribution in [2.75, 3.05) is 24.7 Å². The third-order valence-corrected chi connectivity index (χ3v) is 13.8.